The van der Waals surface area contributed by atoms with Crippen molar-refractivity contribution in [2.24, 2.45) is 0 Å². The second-order valence-corrected chi connectivity index (χ2v) is 6.73. The van der Waals surface area contributed by atoms with E-state index in [2.05, 4.69) is 10.3 Å². The number of nitrogens with zero attached hydrogens (tertiary/aromatic N) is 1. The summed E-state index contributed by atoms with van der Waals surface area (Å²) in [5.74, 6) is -1.05. The van der Waals surface area contributed by atoms with Crippen LogP contribution in [-0.2, 0) is 4.79 Å². The van der Waals surface area contributed by atoms with Crippen molar-refractivity contribution in [2.75, 3.05) is 0 Å². The van der Waals surface area contributed by atoms with Crippen LogP contribution in [0.5, 0.6) is 0 Å². The molecular formula is C20H26ClFN2O2. The zero-order chi connectivity index (χ0) is 19.3. The van der Waals surface area contributed by atoms with Crippen LogP contribution in [-0.4, -0.2) is 22.6 Å². The largest absolute Gasteiger partial charge is 0.307 e. The first-order valence-corrected chi connectivity index (χ1v) is 8.91. The number of benzene rings is 1. The van der Waals surface area contributed by atoms with Gasteiger partial charge in [-0.15, -0.1) is 0 Å². The zero-order valence-electron chi connectivity index (χ0n) is 15.1. The molecule has 0 amide bonds. The topological polar surface area (TPSA) is 59.1 Å². The minimum Gasteiger partial charge on any atom is -0.307 e. The third-order valence-corrected chi connectivity index (χ3v) is 4.47. The number of Topliss-reactive ketones (excluding diaryl/α,β-unsaturated/α-hetero) is 1. The monoisotopic (exact) mass is 380 g/mol. The molecule has 1 heterocycles. The maximum Gasteiger partial charge on any atom is 0.197 e. The van der Waals surface area contributed by atoms with Gasteiger partial charge in [0.15, 0.2) is 5.78 Å². The smallest absolute Gasteiger partial charge is 0.197 e. The van der Waals surface area contributed by atoms with E-state index in [4.69, 9.17) is 11.6 Å². The molecule has 1 aromatic carbocycles. The van der Waals surface area contributed by atoms with Crippen molar-refractivity contribution in [1.82, 2.24) is 10.3 Å². The number of carbonyl (C=O) groups is 2. The summed E-state index contributed by atoms with van der Waals surface area (Å²) in [4.78, 5) is 27.9. The van der Waals surface area contributed by atoms with Gasteiger partial charge < -0.3 is 5.32 Å². The van der Waals surface area contributed by atoms with Crippen molar-refractivity contribution >= 4 is 23.2 Å². The number of halogens is 2. The van der Waals surface area contributed by atoms with Gasteiger partial charge in [0.2, 0.25) is 0 Å². The number of pyridine rings is 1. The average molecular weight is 381 g/mol. The van der Waals surface area contributed by atoms with E-state index in [0.29, 0.717) is 24.0 Å². The van der Waals surface area contributed by atoms with Gasteiger partial charge in [-0.3, -0.25) is 14.6 Å². The zero-order valence-corrected chi connectivity index (χ0v) is 15.8. The van der Waals surface area contributed by atoms with E-state index in [1.165, 1.54) is 37.5 Å². The highest BCUT2D eigenvalue weighted by Crippen LogP contribution is 2.30. The van der Waals surface area contributed by atoms with Crippen molar-refractivity contribution in [1.29, 1.82) is 0 Å². The molecule has 2 atom stereocenters. The van der Waals surface area contributed by atoms with Crippen LogP contribution in [0.15, 0.2) is 36.7 Å². The molecule has 2 rings (SSSR count). The molecule has 4 nitrogen and oxygen atoms in total. The maximum atomic E-state index is 15.2. The van der Waals surface area contributed by atoms with Gasteiger partial charge >= 0.3 is 0 Å². The van der Waals surface area contributed by atoms with Gasteiger partial charge in [-0.2, -0.15) is 0 Å². The van der Waals surface area contributed by atoms with Crippen LogP contribution in [0, 0.1) is 5.82 Å². The van der Waals surface area contributed by atoms with E-state index in [9.17, 15) is 9.59 Å². The number of nitrogens with one attached hydrogen (secondary N) is 1. The standard InChI is InChI=1S/C20H22ClFN2O2.2H2/c1-4-17(24-12(2)11-13(3)25)15-5-6-16(21)18(19(15)22)20(26)14-7-9-23-10-8-14;;/h5-10,12,17,24H,4,11H2,1-3H3;2*1H/t12-,17-;;/m1../s1. The molecule has 0 bridgehead atoms. The van der Waals surface area contributed by atoms with E-state index in [-0.39, 0.29) is 31.3 Å². The van der Waals surface area contributed by atoms with Crippen LogP contribution in [0.25, 0.3) is 0 Å². The second kappa shape index (κ2) is 9.01. The summed E-state index contributed by atoms with van der Waals surface area (Å²) in [5.41, 5.74) is 0.545. The molecule has 2 aromatic rings. The number of rotatable bonds is 8. The van der Waals surface area contributed by atoms with Crippen LogP contribution >= 0.6 is 11.6 Å². The van der Waals surface area contributed by atoms with Crippen LogP contribution in [0.1, 0.15) is 64.0 Å². The summed E-state index contributed by atoms with van der Waals surface area (Å²) in [6, 6.07) is 5.74. The first-order valence-electron chi connectivity index (χ1n) is 8.53. The van der Waals surface area contributed by atoms with Gasteiger partial charge in [0.25, 0.3) is 0 Å². The average Bonchev–Trinajstić information content (AvgIpc) is 2.60. The summed E-state index contributed by atoms with van der Waals surface area (Å²) in [7, 11) is 0. The molecule has 0 unspecified atom stereocenters. The highest BCUT2D eigenvalue weighted by molar-refractivity contribution is 6.35. The van der Waals surface area contributed by atoms with Crippen molar-refractivity contribution < 1.29 is 16.8 Å². The highest BCUT2D eigenvalue weighted by Gasteiger charge is 2.24. The van der Waals surface area contributed by atoms with E-state index in [1.807, 2.05) is 13.8 Å². The van der Waals surface area contributed by atoms with Crippen LogP contribution < -0.4 is 5.32 Å². The summed E-state index contributed by atoms with van der Waals surface area (Å²) in [6.45, 7) is 5.31. The quantitative estimate of drug-likeness (QED) is 0.654. The molecule has 0 aliphatic rings. The SMILES string of the molecule is CC[C@@H](N[C@H](C)CC(C)=O)c1ccc(Cl)c(C(=O)c2ccncc2)c1F.[HH].[HH]. The Morgan fingerprint density at radius 2 is 1.92 bits per heavy atom. The molecule has 0 aliphatic heterocycles. The van der Waals surface area contributed by atoms with E-state index in [0.717, 1.165) is 0 Å². The van der Waals surface area contributed by atoms with Gasteiger partial charge in [0.1, 0.15) is 11.6 Å². The Kier molecular flexibility index (Phi) is 7.00. The molecule has 26 heavy (non-hydrogen) atoms. The first kappa shape index (κ1) is 20.2. The number of carbonyl (C=O) groups excluding carboxylic acids is 2. The normalized spacial score (nSPS) is 13.3. The van der Waals surface area contributed by atoms with Crippen molar-refractivity contribution in [2.45, 2.75) is 45.7 Å². The first-order chi connectivity index (χ1) is 12.3. The Bertz CT molecular complexity index is 806. The van der Waals surface area contributed by atoms with Crippen molar-refractivity contribution in [3.63, 3.8) is 0 Å². The third kappa shape index (κ3) is 4.74. The summed E-state index contributed by atoms with van der Waals surface area (Å²) >= 11 is 6.13. The fourth-order valence-corrected chi connectivity index (χ4v) is 3.19. The molecule has 0 saturated heterocycles. The summed E-state index contributed by atoms with van der Waals surface area (Å²) in [5, 5.41) is 3.32. The van der Waals surface area contributed by atoms with Gasteiger partial charge in [-0.05, 0) is 38.5 Å². The molecule has 142 valence electrons. The minimum atomic E-state index is -0.631. The third-order valence-electron chi connectivity index (χ3n) is 4.15. The lowest BCUT2D eigenvalue weighted by atomic mass is 9.96. The van der Waals surface area contributed by atoms with E-state index >= 15 is 4.39 Å². The number of aromatic nitrogens is 1. The second-order valence-electron chi connectivity index (χ2n) is 6.33. The fraction of sp³-hybridized carbons (Fsp3) is 0.350. The lowest BCUT2D eigenvalue weighted by Gasteiger charge is -2.23. The molecule has 0 radical (unpaired) electrons. The van der Waals surface area contributed by atoms with Gasteiger partial charge in [0, 0.05) is 44.9 Å². The Morgan fingerprint density at radius 3 is 2.50 bits per heavy atom. The van der Waals surface area contributed by atoms with E-state index in [1.54, 1.807) is 6.07 Å². The highest BCUT2D eigenvalue weighted by atomic mass is 35.5. The molecular weight excluding hydrogens is 355 g/mol. The molecule has 0 spiro atoms. The Labute approximate surface area is 160 Å². The van der Waals surface area contributed by atoms with Gasteiger partial charge in [0.05, 0.1) is 10.6 Å². The molecule has 0 aliphatic carbocycles. The molecule has 0 saturated carbocycles. The fourth-order valence-electron chi connectivity index (χ4n) is 2.95. The minimum absolute atomic E-state index is 0. The van der Waals surface area contributed by atoms with Crippen LogP contribution in [0.2, 0.25) is 5.02 Å². The lowest BCUT2D eigenvalue weighted by molar-refractivity contribution is -0.117. The maximum absolute atomic E-state index is 15.2. The number of hydrogen-bond acceptors (Lipinski definition) is 4. The van der Waals surface area contributed by atoms with Crippen LogP contribution in [0.4, 0.5) is 4.39 Å². The summed E-state index contributed by atoms with van der Waals surface area (Å²) < 4.78 is 15.2. The molecule has 1 aromatic heterocycles. The Hall–Kier alpha value is -2.11. The lowest BCUT2D eigenvalue weighted by Crippen LogP contribution is -2.32. The number of ketones is 2. The molecule has 0 fully saturated rings. The van der Waals surface area contributed by atoms with Crippen molar-refractivity contribution in [3.8, 4) is 0 Å². The van der Waals surface area contributed by atoms with Crippen molar-refractivity contribution in [3.05, 3.63) is 64.2 Å². The predicted molar refractivity (Wildman–Crippen MR) is 104 cm³/mol. The van der Waals surface area contributed by atoms with Gasteiger partial charge in [-0.1, -0.05) is 24.6 Å². The van der Waals surface area contributed by atoms with Gasteiger partial charge in [-0.25, -0.2) is 4.39 Å². The Morgan fingerprint density at radius 1 is 1.27 bits per heavy atom. The molecule has 6 heteroatoms. The Balaban J connectivity index is 0.00000364. The predicted octanol–water partition coefficient (Wildman–Crippen LogP) is 5.01. The molecule has 1 N–H and O–H groups in total. The van der Waals surface area contributed by atoms with Crippen LogP contribution in [0.3, 0.4) is 0 Å². The number of hydrogen-bond donors (Lipinski definition) is 1. The van der Waals surface area contributed by atoms with E-state index < -0.39 is 11.6 Å². The summed E-state index contributed by atoms with van der Waals surface area (Å²) in [6.07, 6.45) is 3.91.